The van der Waals surface area contributed by atoms with Crippen LogP contribution in [0.15, 0.2) is 23.1 Å². The van der Waals surface area contributed by atoms with Gasteiger partial charge in [0, 0.05) is 25.4 Å². The number of aryl methyl sites for hydroxylation is 1. The van der Waals surface area contributed by atoms with Gasteiger partial charge in [-0.2, -0.15) is 0 Å². The molecule has 6 heteroatoms. The third-order valence-electron chi connectivity index (χ3n) is 4.67. The summed E-state index contributed by atoms with van der Waals surface area (Å²) in [4.78, 5) is 35.3. The minimum Gasteiger partial charge on any atom is -0.348 e. The number of nitrogens with one attached hydrogen (secondary N) is 2. The lowest BCUT2D eigenvalue weighted by Gasteiger charge is -2.26. The Bertz CT molecular complexity index is 639. The number of pyridine rings is 1. The highest BCUT2D eigenvalue weighted by Crippen LogP contribution is 2.30. The number of hydrogen-bond donors (Lipinski definition) is 2. The van der Waals surface area contributed by atoms with E-state index < -0.39 is 11.8 Å². The van der Waals surface area contributed by atoms with Crippen molar-refractivity contribution in [2.45, 2.75) is 52.5 Å². The SMILES string of the molecule is CCn1cc(NC(=O)C(=O)NCC[C@H]2CCC[C@@H](C)C2)ccc1=O. The van der Waals surface area contributed by atoms with Crippen LogP contribution in [0.1, 0.15) is 46.0 Å². The van der Waals surface area contributed by atoms with Crippen LogP contribution in [0.5, 0.6) is 0 Å². The molecular weight excluding hydrogens is 306 g/mol. The van der Waals surface area contributed by atoms with E-state index >= 15 is 0 Å². The Balaban J connectivity index is 1.77. The lowest BCUT2D eigenvalue weighted by molar-refractivity contribution is -0.136. The van der Waals surface area contributed by atoms with Gasteiger partial charge in [0.1, 0.15) is 0 Å². The molecule has 0 aliphatic heterocycles. The lowest BCUT2D eigenvalue weighted by atomic mass is 9.81. The zero-order chi connectivity index (χ0) is 17.5. The summed E-state index contributed by atoms with van der Waals surface area (Å²) in [6.45, 7) is 5.15. The topological polar surface area (TPSA) is 80.2 Å². The summed E-state index contributed by atoms with van der Waals surface area (Å²) in [5, 5.41) is 5.21. The second-order valence-electron chi connectivity index (χ2n) is 6.68. The number of carbonyl (C=O) groups is 2. The molecule has 6 nitrogen and oxygen atoms in total. The van der Waals surface area contributed by atoms with E-state index in [9.17, 15) is 14.4 Å². The largest absolute Gasteiger partial charge is 0.348 e. The smallest absolute Gasteiger partial charge is 0.313 e. The highest BCUT2D eigenvalue weighted by atomic mass is 16.2. The third kappa shape index (κ3) is 5.22. The number of hydrogen-bond acceptors (Lipinski definition) is 3. The number of nitrogens with zero attached hydrogens (tertiary/aromatic N) is 1. The Labute approximate surface area is 142 Å². The van der Waals surface area contributed by atoms with Crippen molar-refractivity contribution < 1.29 is 9.59 Å². The van der Waals surface area contributed by atoms with Crippen molar-refractivity contribution in [3.8, 4) is 0 Å². The Morgan fingerprint density at radius 2 is 2.04 bits per heavy atom. The molecule has 0 aromatic carbocycles. The molecule has 0 saturated heterocycles. The second kappa shape index (κ2) is 8.66. The number of amides is 2. The molecule has 132 valence electrons. The van der Waals surface area contributed by atoms with Crippen molar-refractivity contribution in [1.29, 1.82) is 0 Å². The molecule has 2 amide bonds. The van der Waals surface area contributed by atoms with Crippen LogP contribution in [0.3, 0.4) is 0 Å². The minimum atomic E-state index is -0.701. The van der Waals surface area contributed by atoms with Crippen LogP contribution in [-0.2, 0) is 16.1 Å². The zero-order valence-electron chi connectivity index (χ0n) is 14.5. The fourth-order valence-corrected chi connectivity index (χ4v) is 3.33. The number of aromatic nitrogens is 1. The maximum absolute atomic E-state index is 11.9. The predicted octanol–water partition coefficient (Wildman–Crippen LogP) is 2.14. The van der Waals surface area contributed by atoms with Crippen LogP contribution in [0.4, 0.5) is 5.69 Å². The molecule has 1 fully saturated rings. The van der Waals surface area contributed by atoms with E-state index in [0.717, 1.165) is 12.3 Å². The van der Waals surface area contributed by atoms with E-state index in [1.165, 1.54) is 48.6 Å². The van der Waals surface area contributed by atoms with Gasteiger partial charge < -0.3 is 15.2 Å². The summed E-state index contributed by atoms with van der Waals surface area (Å²) in [6.07, 6.45) is 7.44. The van der Waals surface area contributed by atoms with Crippen molar-refractivity contribution >= 4 is 17.5 Å². The summed E-state index contributed by atoms with van der Waals surface area (Å²) in [5.41, 5.74) is 0.305. The van der Waals surface area contributed by atoms with Crippen LogP contribution in [0.2, 0.25) is 0 Å². The average Bonchev–Trinajstić information content (AvgIpc) is 2.56. The fraction of sp³-hybridized carbons (Fsp3) is 0.611. The molecule has 1 aliphatic carbocycles. The first-order chi connectivity index (χ1) is 11.5. The van der Waals surface area contributed by atoms with Gasteiger partial charge in [-0.15, -0.1) is 0 Å². The standard InChI is InChI=1S/C18H27N3O3/c1-3-21-12-15(7-8-16(21)22)20-18(24)17(23)19-10-9-14-6-4-5-13(2)11-14/h7-8,12-14H,3-6,9-11H2,1-2H3,(H,19,23)(H,20,24)/t13-,14-/m1/s1. The molecule has 24 heavy (non-hydrogen) atoms. The molecule has 1 aliphatic rings. The molecule has 2 atom stereocenters. The molecule has 0 spiro atoms. The molecular formula is C18H27N3O3. The highest BCUT2D eigenvalue weighted by molar-refractivity contribution is 6.39. The van der Waals surface area contributed by atoms with Gasteiger partial charge in [-0.1, -0.05) is 26.2 Å². The number of carbonyl (C=O) groups excluding carboxylic acids is 2. The summed E-state index contributed by atoms with van der Waals surface area (Å²) < 4.78 is 1.47. The molecule has 1 heterocycles. The van der Waals surface area contributed by atoms with E-state index in [4.69, 9.17) is 0 Å². The van der Waals surface area contributed by atoms with Crippen LogP contribution in [0.25, 0.3) is 0 Å². The van der Waals surface area contributed by atoms with Crippen LogP contribution in [-0.4, -0.2) is 22.9 Å². The number of rotatable bonds is 5. The van der Waals surface area contributed by atoms with Gasteiger partial charge in [-0.3, -0.25) is 14.4 Å². The monoisotopic (exact) mass is 333 g/mol. The van der Waals surface area contributed by atoms with Crippen LogP contribution >= 0.6 is 0 Å². The van der Waals surface area contributed by atoms with E-state index in [1.807, 2.05) is 6.92 Å². The molecule has 0 radical (unpaired) electrons. The summed E-state index contributed by atoms with van der Waals surface area (Å²) in [7, 11) is 0. The van der Waals surface area contributed by atoms with Gasteiger partial charge in [0.25, 0.3) is 5.56 Å². The van der Waals surface area contributed by atoms with Gasteiger partial charge in [-0.25, -0.2) is 0 Å². The summed E-state index contributed by atoms with van der Waals surface area (Å²) >= 11 is 0. The van der Waals surface area contributed by atoms with Crippen LogP contribution < -0.4 is 16.2 Å². The molecule has 1 aromatic heterocycles. The molecule has 2 rings (SSSR count). The Kier molecular flexibility index (Phi) is 6.58. The normalized spacial score (nSPS) is 20.4. The zero-order valence-corrected chi connectivity index (χ0v) is 14.5. The third-order valence-corrected chi connectivity index (χ3v) is 4.67. The predicted molar refractivity (Wildman–Crippen MR) is 93.8 cm³/mol. The molecule has 0 bridgehead atoms. The van der Waals surface area contributed by atoms with Crippen molar-refractivity contribution in [2.24, 2.45) is 11.8 Å². The summed E-state index contributed by atoms with van der Waals surface area (Å²) in [5.74, 6) is 0.0728. The van der Waals surface area contributed by atoms with Gasteiger partial charge in [-0.05, 0) is 37.7 Å². The lowest BCUT2D eigenvalue weighted by Crippen LogP contribution is -2.37. The molecule has 1 aromatic rings. The first-order valence-corrected chi connectivity index (χ1v) is 8.79. The maximum Gasteiger partial charge on any atom is 0.313 e. The first-order valence-electron chi connectivity index (χ1n) is 8.79. The van der Waals surface area contributed by atoms with Crippen molar-refractivity contribution in [3.63, 3.8) is 0 Å². The number of anilines is 1. The van der Waals surface area contributed by atoms with Crippen molar-refractivity contribution in [3.05, 3.63) is 28.7 Å². The summed E-state index contributed by atoms with van der Waals surface area (Å²) in [6, 6.07) is 2.88. The van der Waals surface area contributed by atoms with Gasteiger partial charge in [0.05, 0.1) is 5.69 Å². The van der Waals surface area contributed by atoms with Crippen molar-refractivity contribution in [1.82, 2.24) is 9.88 Å². The maximum atomic E-state index is 11.9. The average molecular weight is 333 g/mol. The van der Waals surface area contributed by atoms with Crippen molar-refractivity contribution in [2.75, 3.05) is 11.9 Å². The first kappa shape index (κ1) is 18.2. The van der Waals surface area contributed by atoms with Gasteiger partial charge >= 0.3 is 11.8 Å². The molecule has 2 N–H and O–H groups in total. The van der Waals surface area contributed by atoms with E-state index in [2.05, 4.69) is 17.6 Å². The molecule has 1 saturated carbocycles. The van der Waals surface area contributed by atoms with Gasteiger partial charge in [0.2, 0.25) is 0 Å². The highest BCUT2D eigenvalue weighted by Gasteiger charge is 2.19. The Morgan fingerprint density at radius 1 is 1.25 bits per heavy atom. The fourth-order valence-electron chi connectivity index (χ4n) is 3.33. The van der Waals surface area contributed by atoms with E-state index in [0.29, 0.717) is 24.7 Å². The van der Waals surface area contributed by atoms with Crippen LogP contribution in [0, 0.1) is 11.8 Å². The minimum absolute atomic E-state index is 0.137. The van der Waals surface area contributed by atoms with E-state index in [-0.39, 0.29) is 5.56 Å². The quantitative estimate of drug-likeness (QED) is 0.810. The Morgan fingerprint density at radius 3 is 2.75 bits per heavy atom. The van der Waals surface area contributed by atoms with Gasteiger partial charge in [0.15, 0.2) is 0 Å². The van der Waals surface area contributed by atoms with E-state index in [1.54, 1.807) is 0 Å². The Hall–Kier alpha value is -2.11. The molecule has 0 unspecified atom stereocenters. The second-order valence-corrected chi connectivity index (χ2v) is 6.68.